The van der Waals surface area contributed by atoms with Gasteiger partial charge in [0.05, 0.1) is 30.2 Å². The Labute approximate surface area is 205 Å². The van der Waals surface area contributed by atoms with Crippen LogP contribution >= 0.6 is 11.6 Å². The topological polar surface area (TPSA) is 95.6 Å². The molecule has 184 valence electrons. The Morgan fingerprint density at radius 1 is 1.24 bits per heavy atom. The molecule has 2 saturated heterocycles. The van der Waals surface area contributed by atoms with E-state index in [0.717, 1.165) is 37.8 Å². The fourth-order valence-electron chi connectivity index (χ4n) is 5.64. The first-order valence-corrected chi connectivity index (χ1v) is 12.7. The van der Waals surface area contributed by atoms with Crippen LogP contribution in [0.3, 0.4) is 0 Å². The van der Waals surface area contributed by atoms with Crippen LogP contribution in [0.1, 0.15) is 58.4 Å². The molecule has 0 bridgehead atoms. The van der Waals surface area contributed by atoms with Crippen molar-refractivity contribution in [1.82, 2.24) is 20.7 Å². The molecule has 5 rings (SSSR count). The molecule has 34 heavy (non-hydrogen) atoms. The number of carbonyl (C=O) groups excluding carboxylic acids is 2. The van der Waals surface area contributed by atoms with Crippen molar-refractivity contribution in [2.45, 2.75) is 65.0 Å². The van der Waals surface area contributed by atoms with Gasteiger partial charge in [0, 0.05) is 41.5 Å². The van der Waals surface area contributed by atoms with Gasteiger partial charge < -0.3 is 20.4 Å². The molecule has 2 amide bonds. The number of halogens is 1. The molecule has 4 aliphatic rings. The van der Waals surface area contributed by atoms with Crippen molar-refractivity contribution in [2.75, 3.05) is 25.1 Å². The molecule has 3 aliphatic heterocycles. The number of allylic oxidation sites excluding steroid dienone is 1. The third-order valence-electron chi connectivity index (χ3n) is 7.45. The smallest absolute Gasteiger partial charge is 0.228 e. The highest BCUT2D eigenvalue weighted by atomic mass is 35.5. The van der Waals surface area contributed by atoms with Crippen LogP contribution in [0.4, 0.5) is 5.82 Å². The third kappa shape index (κ3) is 4.68. The molecule has 0 aromatic carbocycles. The highest BCUT2D eigenvalue weighted by Crippen LogP contribution is 2.45. The summed E-state index contributed by atoms with van der Waals surface area (Å²) in [4.78, 5) is 29.8. The molecule has 1 saturated carbocycles. The zero-order chi connectivity index (χ0) is 24.0. The summed E-state index contributed by atoms with van der Waals surface area (Å²) < 4.78 is 5.11. The van der Waals surface area contributed by atoms with Gasteiger partial charge in [-0.2, -0.15) is 0 Å². The summed E-state index contributed by atoms with van der Waals surface area (Å²) in [7, 11) is 0. The second kappa shape index (κ2) is 9.13. The van der Waals surface area contributed by atoms with E-state index in [0.29, 0.717) is 30.5 Å². The van der Waals surface area contributed by atoms with Crippen LogP contribution in [0.2, 0.25) is 5.02 Å². The number of hydrogen-bond donors (Lipinski definition) is 3. The molecule has 8 nitrogen and oxygen atoms in total. The van der Waals surface area contributed by atoms with Crippen molar-refractivity contribution in [3.8, 4) is 0 Å². The number of aromatic nitrogens is 1. The van der Waals surface area contributed by atoms with Crippen LogP contribution in [-0.4, -0.2) is 53.6 Å². The molecule has 0 spiro atoms. The number of carbonyl (C=O) groups is 2. The zero-order valence-electron chi connectivity index (χ0n) is 20.1. The first-order valence-electron chi connectivity index (χ1n) is 12.3. The molecule has 9 heteroatoms. The van der Waals surface area contributed by atoms with Crippen molar-refractivity contribution >= 4 is 34.8 Å². The number of nitrogens with one attached hydrogen (secondary N) is 3. The SMILES string of the molecule is CC1NN2CC(C)(C)CC2=C1c1cc(NC(=O)[C@H]2CCC[C@@H](NC(=O)C3COC3)C2)ncc1Cl. The first-order chi connectivity index (χ1) is 16.2. The summed E-state index contributed by atoms with van der Waals surface area (Å²) >= 11 is 6.59. The second-order valence-corrected chi connectivity index (χ2v) is 11.4. The minimum absolute atomic E-state index is 0.0282. The maximum absolute atomic E-state index is 13.1. The number of fused-ring (bicyclic) bond motifs is 1. The van der Waals surface area contributed by atoms with E-state index >= 15 is 0 Å². The summed E-state index contributed by atoms with van der Waals surface area (Å²) in [5, 5.41) is 8.94. The number of anilines is 1. The van der Waals surface area contributed by atoms with Gasteiger partial charge in [-0.05, 0) is 44.1 Å². The molecule has 1 aliphatic carbocycles. The average Bonchev–Trinajstić information content (AvgIpc) is 3.18. The number of hydrogen-bond acceptors (Lipinski definition) is 6. The van der Waals surface area contributed by atoms with Gasteiger partial charge in [0.1, 0.15) is 5.82 Å². The van der Waals surface area contributed by atoms with Crippen LogP contribution in [0.25, 0.3) is 5.57 Å². The largest absolute Gasteiger partial charge is 0.380 e. The van der Waals surface area contributed by atoms with E-state index in [2.05, 4.69) is 46.8 Å². The fourth-order valence-corrected chi connectivity index (χ4v) is 5.84. The number of ether oxygens (including phenoxy) is 1. The Balaban J connectivity index is 1.28. The number of pyridine rings is 1. The Kier molecular flexibility index (Phi) is 6.33. The molecule has 3 atom stereocenters. The lowest BCUT2D eigenvalue weighted by molar-refractivity contribution is -0.140. The molecular formula is C25H34ClN5O3. The van der Waals surface area contributed by atoms with Crippen LogP contribution in [0.5, 0.6) is 0 Å². The van der Waals surface area contributed by atoms with Gasteiger partial charge in [-0.15, -0.1) is 0 Å². The predicted molar refractivity (Wildman–Crippen MR) is 131 cm³/mol. The Hall–Kier alpha value is -2.16. The van der Waals surface area contributed by atoms with E-state index < -0.39 is 0 Å². The lowest BCUT2D eigenvalue weighted by Crippen LogP contribution is -2.48. The highest BCUT2D eigenvalue weighted by molar-refractivity contribution is 6.32. The van der Waals surface area contributed by atoms with Gasteiger partial charge in [0.2, 0.25) is 11.8 Å². The van der Waals surface area contributed by atoms with E-state index in [4.69, 9.17) is 16.3 Å². The maximum atomic E-state index is 13.1. The van der Waals surface area contributed by atoms with E-state index in [9.17, 15) is 9.59 Å². The summed E-state index contributed by atoms with van der Waals surface area (Å²) in [6, 6.07) is 2.06. The monoisotopic (exact) mass is 487 g/mol. The fraction of sp³-hybridized carbons (Fsp3) is 0.640. The summed E-state index contributed by atoms with van der Waals surface area (Å²) in [5.74, 6) is 0.302. The van der Waals surface area contributed by atoms with Gasteiger partial charge in [-0.3, -0.25) is 9.59 Å². The number of hydrazine groups is 1. The number of amides is 2. The lowest BCUT2D eigenvalue weighted by atomic mass is 9.84. The van der Waals surface area contributed by atoms with E-state index in [1.807, 2.05) is 6.07 Å². The molecule has 4 heterocycles. The summed E-state index contributed by atoms with van der Waals surface area (Å²) in [6.07, 6.45) is 5.87. The van der Waals surface area contributed by atoms with Gasteiger partial charge in [0.15, 0.2) is 0 Å². The quantitative estimate of drug-likeness (QED) is 0.589. The van der Waals surface area contributed by atoms with Crippen molar-refractivity contribution in [3.05, 3.63) is 28.5 Å². The molecule has 3 fully saturated rings. The molecule has 0 radical (unpaired) electrons. The minimum Gasteiger partial charge on any atom is -0.380 e. The van der Waals surface area contributed by atoms with E-state index in [1.54, 1.807) is 6.20 Å². The lowest BCUT2D eigenvalue weighted by Gasteiger charge is -2.32. The van der Waals surface area contributed by atoms with Crippen molar-refractivity contribution in [3.63, 3.8) is 0 Å². The average molecular weight is 488 g/mol. The van der Waals surface area contributed by atoms with Crippen molar-refractivity contribution in [1.29, 1.82) is 0 Å². The molecule has 1 aromatic heterocycles. The molecule has 1 aromatic rings. The first kappa shape index (κ1) is 23.6. The van der Waals surface area contributed by atoms with E-state index in [-0.39, 0.29) is 41.1 Å². The predicted octanol–water partition coefficient (Wildman–Crippen LogP) is 3.34. The summed E-state index contributed by atoms with van der Waals surface area (Å²) in [6.45, 7) is 8.61. The van der Waals surface area contributed by atoms with Crippen molar-refractivity contribution in [2.24, 2.45) is 17.3 Å². The van der Waals surface area contributed by atoms with Crippen LogP contribution in [-0.2, 0) is 14.3 Å². The summed E-state index contributed by atoms with van der Waals surface area (Å²) in [5.41, 5.74) is 7.10. The van der Waals surface area contributed by atoms with Crippen LogP contribution in [0.15, 0.2) is 18.0 Å². The van der Waals surface area contributed by atoms with Gasteiger partial charge in [0.25, 0.3) is 0 Å². The van der Waals surface area contributed by atoms with Gasteiger partial charge in [-0.1, -0.05) is 31.9 Å². The standard InChI is InChI=1S/C25H34ClN5O3/c1-14-22(20-9-25(2,3)13-31(20)30-14)18-8-21(27-10-19(18)26)29-23(32)15-5-4-6-17(7-15)28-24(33)16-11-34-12-16/h8,10,14-17,30H,4-7,9,11-13H2,1-3H3,(H,28,33)(H,27,29,32)/t14?,15-,17+/m0/s1. The van der Waals surface area contributed by atoms with Crippen molar-refractivity contribution < 1.29 is 14.3 Å². The Morgan fingerprint density at radius 3 is 2.76 bits per heavy atom. The molecular weight excluding hydrogens is 454 g/mol. The Morgan fingerprint density at radius 2 is 2.03 bits per heavy atom. The zero-order valence-corrected chi connectivity index (χ0v) is 20.9. The third-order valence-corrected chi connectivity index (χ3v) is 7.75. The van der Waals surface area contributed by atoms with Gasteiger partial charge >= 0.3 is 0 Å². The van der Waals surface area contributed by atoms with E-state index in [1.165, 1.54) is 11.3 Å². The van der Waals surface area contributed by atoms with Crippen LogP contribution < -0.4 is 16.1 Å². The Bertz CT molecular complexity index is 1020. The normalized spacial score (nSPS) is 28.5. The second-order valence-electron chi connectivity index (χ2n) is 11.0. The van der Waals surface area contributed by atoms with Crippen LogP contribution in [0, 0.1) is 17.3 Å². The van der Waals surface area contributed by atoms with Gasteiger partial charge in [-0.25, -0.2) is 10.4 Å². The number of nitrogens with zero attached hydrogens (tertiary/aromatic N) is 2. The molecule has 3 N–H and O–H groups in total. The maximum Gasteiger partial charge on any atom is 0.228 e. The highest BCUT2D eigenvalue weighted by Gasteiger charge is 2.41. The minimum atomic E-state index is -0.155. The number of rotatable bonds is 5. The molecule has 1 unspecified atom stereocenters.